The van der Waals surface area contributed by atoms with Gasteiger partial charge in [0, 0.05) is 36.5 Å². The summed E-state index contributed by atoms with van der Waals surface area (Å²) in [5.74, 6) is 1.60. The van der Waals surface area contributed by atoms with Crippen molar-refractivity contribution in [3.63, 3.8) is 0 Å². The van der Waals surface area contributed by atoms with E-state index in [0.717, 1.165) is 55.6 Å². The van der Waals surface area contributed by atoms with E-state index in [2.05, 4.69) is 22.9 Å². The van der Waals surface area contributed by atoms with Crippen molar-refractivity contribution in [2.75, 3.05) is 31.1 Å². The van der Waals surface area contributed by atoms with Crippen LogP contribution in [0.2, 0.25) is 0 Å². The molecule has 0 saturated carbocycles. The molecule has 4 rings (SSSR count). The molecular formula is C25H31N3O3. The van der Waals surface area contributed by atoms with Crippen LogP contribution in [0.5, 0.6) is 5.75 Å². The Balaban J connectivity index is 1.63. The SMILES string of the molecule is CCc1cc(N2CCOc3cc(C(=O)N4CCCC4)cnc32)ccc1C(=O)C(C)CC. The van der Waals surface area contributed by atoms with E-state index < -0.39 is 0 Å². The molecule has 1 unspecified atom stereocenters. The number of hydrogen-bond acceptors (Lipinski definition) is 5. The van der Waals surface area contributed by atoms with Gasteiger partial charge in [-0.15, -0.1) is 0 Å². The standard InChI is InChI=1S/C25H31N3O3/c1-4-17(3)23(29)21-9-8-20(14-18(21)5-2)28-12-13-31-22-15-19(16-26-24(22)28)25(30)27-10-6-7-11-27/h8-9,14-17H,4-7,10-13H2,1-3H3. The molecule has 1 amide bonds. The summed E-state index contributed by atoms with van der Waals surface area (Å²) in [5, 5.41) is 0. The second-order valence-electron chi connectivity index (χ2n) is 8.41. The number of pyridine rings is 1. The van der Waals surface area contributed by atoms with Gasteiger partial charge in [-0.25, -0.2) is 4.98 Å². The van der Waals surface area contributed by atoms with Crippen LogP contribution in [0.3, 0.4) is 0 Å². The van der Waals surface area contributed by atoms with Gasteiger partial charge in [-0.1, -0.05) is 20.8 Å². The van der Waals surface area contributed by atoms with E-state index in [4.69, 9.17) is 4.74 Å². The van der Waals surface area contributed by atoms with Gasteiger partial charge >= 0.3 is 0 Å². The molecule has 1 atom stereocenters. The van der Waals surface area contributed by atoms with Gasteiger partial charge < -0.3 is 14.5 Å². The molecular weight excluding hydrogens is 390 g/mol. The molecule has 0 bridgehead atoms. The van der Waals surface area contributed by atoms with Crippen molar-refractivity contribution in [3.8, 4) is 5.75 Å². The van der Waals surface area contributed by atoms with Crippen molar-refractivity contribution in [2.45, 2.75) is 46.5 Å². The first-order valence-electron chi connectivity index (χ1n) is 11.4. The smallest absolute Gasteiger partial charge is 0.255 e. The predicted octanol–water partition coefficient (Wildman–Crippen LogP) is 4.64. The number of hydrogen-bond donors (Lipinski definition) is 0. The minimum absolute atomic E-state index is 0.0218. The number of carbonyl (C=O) groups excluding carboxylic acids is 2. The van der Waals surface area contributed by atoms with Crippen molar-refractivity contribution in [1.82, 2.24) is 9.88 Å². The topological polar surface area (TPSA) is 62.7 Å². The number of benzene rings is 1. The van der Waals surface area contributed by atoms with Gasteiger partial charge in [0.2, 0.25) is 0 Å². The first-order chi connectivity index (χ1) is 15.0. The van der Waals surface area contributed by atoms with Crippen LogP contribution in [-0.4, -0.2) is 47.8 Å². The molecule has 1 aromatic carbocycles. The van der Waals surface area contributed by atoms with Gasteiger partial charge in [-0.2, -0.15) is 0 Å². The highest BCUT2D eigenvalue weighted by molar-refractivity contribution is 5.99. The summed E-state index contributed by atoms with van der Waals surface area (Å²) in [6.45, 7) is 8.91. The first kappa shape index (κ1) is 21.3. The summed E-state index contributed by atoms with van der Waals surface area (Å²) >= 11 is 0. The molecule has 1 fully saturated rings. The zero-order chi connectivity index (χ0) is 22.0. The highest BCUT2D eigenvalue weighted by Gasteiger charge is 2.26. The van der Waals surface area contributed by atoms with Gasteiger partial charge in [0.15, 0.2) is 17.4 Å². The quantitative estimate of drug-likeness (QED) is 0.636. The normalized spacial score (nSPS) is 16.6. The molecule has 2 aliphatic heterocycles. The fourth-order valence-corrected chi connectivity index (χ4v) is 4.30. The van der Waals surface area contributed by atoms with Crippen molar-refractivity contribution in [3.05, 3.63) is 47.2 Å². The van der Waals surface area contributed by atoms with E-state index >= 15 is 0 Å². The maximum Gasteiger partial charge on any atom is 0.255 e. The minimum Gasteiger partial charge on any atom is -0.488 e. The van der Waals surface area contributed by atoms with Crippen LogP contribution in [0, 0.1) is 5.92 Å². The molecule has 31 heavy (non-hydrogen) atoms. The number of amides is 1. The number of likely N-dealkylation sites (tertiary alicyclic amines) is 1. The van der Waals surface area contributed by atoms with E-state index in [9.17, 15) is 9.59 Å². The average molecular weight is 422 g/mol. The lowest BCUT2D eigenvalue weighted by atomic mass is 9.92. The maximum absolute atomic E-state index is 12.8. The third-order valence-electron chi connectivity index (χ3n) is 6.41. The molecule has 3 heterocycles. The van der Waals surface area contributed by atoms with Crippen molar-refractivity contribution < 1.29 is 14.3 Å². The number of Topliss-reactive ketones (excluding diaryl/α,β-unsaturated/α-hetero) is 1. The van der Waals surface area contributed by atoms with Crippen molar-refractivity contribution in [2.24, 2.45) is 5.92 Å². The predicted molar refractivity (Wildman–Crippen MR) is 121 cm³/mol. The summed E-state index contributed by atoms with van der Waals surface area (Å²) in [7, 11) is 0. The summed E-state index contributed by atoms with van der Waals surface area (Å²) in [5.41, 5.74) is 3.43. The number of fused-ring (bicyclic) bond motifs is 1. The molecule has 2 aliphatic rings. The second-order valence-corrected chi connectivity index (χ2v) is 8.41. The molecule has 6 heteroatoms. The summed E-state index contributed by atoms with van der Waals surface area (Å²) < 4.78 is 5.86. The Morgan fingerprint density at radius 3 is 2.61 bits per heavy atom. The van der Waals surface area contributed by atoms with E-state index in [1.54, 1.807) is 6.20 Å². The lowest BCUT2D eigenvalue weighted by Crippen LogP contribution is -2.31. The lowest BCUT2D eigenvalue weighted by molar-refractivity contribution is 0.0791. The molecule has 0 spiro atoms. The third kappa shape index (κ3) is 4.16. The molecule has 1 saturated heterocycles. The van der Waals surface area contributed by atoms with Gasteiger partial charge in [-0.3, -0.25) is 9.59 Å². The Bertz CT molecular complexity index is 982. The highest BCUT2D eigenvalue weighted by Crippen LogP contribution is 2.36. The van der Waals surface area contributed by atoms with Gasteiger partial charge in [0.25, 0.3) is 5.91 Å². The van der Waals surface area contributed by atoms with Gasteiger partial charge in [0.1, 0.15) is 6.61 Å². The monoisotopic (exact) mass is 421 g/mol. The number of nitrogens with zero attached hydrogens (tertiary/aromatic N) is 3. The number of aryl methyl sites for hydroxylation is 1. The zero-order valence-corrected chi connectivity index (χ0v) is 18.7. The van der Waals surface area contributed by atoms with Crippen LogP contribution in [0.25, 0.3) is 0 Å². The lowest BCUT2D eigenvalue weighted by Gasteiger charge is -2.31. The number of ketones is 1. The fraction of sp³-hybridized carbons (Fsp3) is 0.480. The molecule has 2 aromatic rings. The number of aromatic nitrogens is 1. The largest absolute Gasteiger partial charge is 0.488 e. The maximum atomic E-state index is 12.8. The van der Waals surface area contributed by atoms with Crippen LogP contribution in [-0.2, 0) is 6.42 Å². The van der Waals surface area contributed by atoms with E-state index in [1.807, 2.05) is 36.9 Å². The van der Waals surface area contributed by atoms with Crippen molar-refractivity contribution >= 4 is 23.2 Å². The third-order valence-corrected chi connectivity index (χ3v) is 6.41. The van der Waals surface area contributed by atoms with Crippen LogP contribution in [0.4, 0.5) is 11.5 Å². The Kier molecular flexibility index (Phi) is 6.25. The molecule has 0 radical (unpaired) electrons. The molecule has 164 valence electrons. The fourth-order valence-electron chi connectivity index (χ4n) is 4.30. The number of carbonyl (C=O) groups is 2. The van der Waals surface area contributed by atoms with E-state index in [-0.39, 0.29) is 17.6 Å². The van der Waals surface area contributed by atoms with Crippen molar-refractivity contribution in [1.29, 1.82) is 0 Å². The molecule has 1 aromatic heterocycles. The van der Waals surface area contributed by atoms with Crippen LogP contribution in [0.1, 0.15) is 66.3 Å². The Morgan fingerprint density at radius 2 is 1.90 bits per heavy atom. The average Bonchev–Trinajstić information content (AvgIpc) is 3.36. The van der Waals surface area contributed by atoms with Gasteiger partial charge in [-0.05, 0) is 55.5 Å². The minimum atomic E-state index is 0.0218. The summed E-state index contributed by atoms with van der Waals surface area (Å²) in [6, 6.07) is 7.85. The summed E-state index contributed by atoms with van der Waals surface area (Å²) in [4.78, 5) is 34.1. The molecule has 6 nitrogen and oxygen atoms in total. The van der Waals surface area contributed by atoms with Crippen LogP contribution in [0.15, 0.2) is 30.5 Å². The van der Waals surface area contributed by atoms with Gasteiger partial charge in [0.05, 0.1) is 12.1 Å². The Morgan fingerprint density at radius 1 is 1.13 bits per heavy atom. The van der Waals surface area contributed by atoms with Crippen LogP contribution >= 0.6 is 0 Å². The molecule has 0 aliphatic carbocycles. The first-order valence-corrected chi connectivity index (χ1v) is 11.4. The highest BCUT2D eigenvalue weighted by atomic mass is 16.5. The zero-order valence-electron chi connectivity index (χ0n) is 18.7. The number of ether oxygens (including phenoxy) is 1. The Labute approximate surface area is 184 Å². The number of anilines is 2. The second kappa shape index (κ2) is 9.08. The van der Waals surface area contributed by atoms with Crippen LogP contribution < -0.4 is 9.64 Å². The number of rotatable bonds is 6. The van der Waals surface area contributed by atoms with E-state index in [1.165, 1.54) is 0 Å². The van der Waals surface area contributed by atoms with E-state index in [0.29, 0.717) is 30.3 Å². The molecule has 0 N–H and O–H groups in total. The Hall–Kier alpha value is -2.89. The summed E-state index contributed by atoms with van der Waals surface area (Å²) in [6.07, 6.45) is 5.40.